The number of aromatic nitrogens is 1. The fourth-order valence-electron chi connectivity index (χ4n) is 3.24. The second-order valence-electron chi connectivity index (χ2n) is 6.56. The summed E-state index contributed by atoms with van der Waals surface area (Å²) in [6.07, 6.45) is 3.77. The second-order valence-corrected chi connectivity index (χ2v) is 8.47. The van der Waals surface area contributed by atoms with Crippen molar-refractivity contribution in [1.82, 2.24) is 14.2 Å². The summed E-state index contributed by atoms with van der Waals surface area (Å²) < 4.78 is 27.5. The Morgan fingerprint density at radius 1 is 1.08 bits per heavy atom. The second kappa shape index (κ2) is 7.55. The third kappa shape index (κ3) is 3.78. The van der Waals surface area contributed by atoms with Gasteiger partial charge in [-0.05, 0) is 44.0 Å². The van der Waals surface area contributed by atoms with E-state index in [-0.39, 0.29) is 5.91 Å². The molecule has 0 radical (unpaired) electrons. The van der Waals surface area contributed by atoms with Crippen LogP contribution in [0.15, 0.2) is 47.6 Å². The Bertz CT molecular complexity index is 898. The summed E-state index contributed by atoms with van der Waals surface area (Å²) in [5.41, 5.74) is 2.31. The van der Waals surface area contributed by atoms with Crippen molar-refractivity contribution in [2.75, 3.05) is 26.2 Å². The van der Waals surface area contributed by atoms with E-state index in [2.05, 4.69) is 4.98 Å². The Kier molecular flexibility index (Phi) is 5.38. The van der Waals surface area contributed by atoms with E-state index in [9.17, 15) is 13.2 Å². The molecule has 138 valence electrons. The van der Waals surface area contributed by atoms with Crippen LogP contribution in [0.25, 0.3) is 0 Å². The first-order valence-electron chi connectivity index (χ1n) is 8.66. The molecule has 2 aromatic rings. The molecule has 0 N–H and O–H groups in total. The zero-order valence-electron chi connectivity index (χ0n) is 15.1. The predicted molar refractivity (Wildman–Crippen MR) is 99.4 cm³/mol. The third-order valence-electron chi connectivity index (χ3n) is 4.60. The van der Waals surface area contributed by atoms with Gasteiger partial charge < -0.3 is 4.90 Å². The number of amides is 1. The van der Waals surface area contributed by atoms with Crippen LogP contribution in [-0.2, 0) is 10.0 Å². The molecule has 1 aromatic heterocycles. The number of rotatable bonds is 3. The SMILES string of the molecule is Cc1ccc(S(=O)(=O)N2CCCN(C(=O)c3cccnc3)CC2)c(C)c1. The van der Waals surface area contributed by atoms with Gasteiger partial charge >= 0.3 is 0 Å². The fourth-order valence-corrected chi connectivity index (χ4v) is 4.91. The maximum absolute atomic E-state index is 13.0. The van der Waals surface area contributed by atoms with E-state index >= 15 is 0 Å². The molecule has 7 heteroatoms. The van der Waals surface area contributed by atoms with Gasteiger partial charge in [-0.3, -0.25) is 9.78 Å². The fraction of sp³-hybridized carbons (Fsp3) is 0.368. The molecule has 0 spiro atoms. The lowest BCUT2D eigenvalue weighted by Crippen LogP contribution is -2.37. The van der Waals surface area contributed by atoms with E-state index in [4.69, 9.17) is 0 Å². The molecule has 6 nitrogen and oxygen atoms in total. The van der Waals surface area contributed by atoms with Gasteiger partial charge in [0, 0.05) is 38.6 Å². The number of carbonyl (C=O) groups excluding carboxylic acids is 1. The average molecular weight is 373 g/mol. The predicted octanol–water partition coefficient (Wildman–Crippen LogP) is 2.24. The van der Waals surface area contributed by atoms with Gasteiger partial charge in [0.25, 0.3) is 5.91 Å². The molecule has 0 bridgehead atoms. The number of hydrogen-bond acceptors (Lipinski definition) is 4. The highest BCUT2D eigenvalue weighted by molar-refractivity contribution is 7.89. The van der Waals surface area contributed by atoms with Crippen molar-refractivity contribution in [1.29, 1.82) is 0 Å². The van der Waals surface area contributed by atoms with Gasteiger partial charge in [0.1, 0.15) is 0 Å². The van der Waals surface area contributed by atoms with Crippen molar-refractivity contribution in [2.45, 2.75) is 25.2 Å². The van der Waals surface area contributed by atoms with Gasteiger partial charge in [0.15, 0.2) is 0 Å². The van der Waals surface area contributed by atoms with Gasteiger partial charge in [-0.15, -0.1) is 0 Å². The van der Waals surface area contributed by atoms with E-state index in [1.807, 2.05) is 26.0 Å². The third-order valence-corrected chi connectivity index (χ3v) is 6.66. The number of hydrogen-bond donors (Lipinski definition) is 0. The molecule has 1 amide bonds. The molecule has 26 heavy (non-hydrogen) atoms. The van der Waals surface area contributed by atoms with Crippen LogP contribution in [0, 0.1) is 13.8 Å². The lowest BCUT2D eigenvalue weighted by atomic mass is 10.2. The topological polar surface area (TPSA) is 70.6 Å². The number of aryl methyl sites for hydroxylation is 2. The summed E-state index contributed by atoms with van der Waals surface area (Å²) in [4.78, 5) is 18.6. The number of sulfonamides is 1. The van der Waals surface area contributed by atoms with Crippen LogP contribution < -0.4 is 0 Å². The van der Waals surface area contributed by atoms with Crippen molar-refractivity contribution in [2.24, 2.45) is 0 Å². The van der Waals surface area contributed by atoms with E-state index in [1.54, 1.807) is 29.3 Å². The molecule has 3 rings (SSSR count). The Labute approximate surface area is 154 Å². The first-order valence-corrected chi connectivity index (χ1v) is 10.1. The van der Waals surface area contributed by atoms with Crippen LogP contribution in [0.5, 0.6) is 0 Å². The molecule has 0 unspecified atom stereocenters. The first-order chi connectivity index (χ1) is 12.4. The van der Waals surface area contributed by atoms with E-state index in [0.29, 0.717) is 43.1 Å². The minimum atomic E-state index is -3.56. The van der Waals surface area contributed by atoms with Crippen LogP contribution in [0.1, 0.15) is 27.9 Å². The van der Waals surface area contributed by atoms with Crippen LogP contribution >= 0.6 is 0 Å². The smallest absolute Gasteiger partial charge is 0.255 e. The van der Waals surface area contributed by atoms with E-state index < -0.39 is 10.0 Å². The lowest BCUT2D eigenvalue weighted by Gasteiger charge is -2.22. The molecular weight excluding hydrogens is 350 g/mol. The monoisotopic (exact) mass is 373 g/mol. The van der Waals surface area contributed by atoms with Crippen molar-refractivity contribution < 1.29 is 13.2 Å². The zero-order chi connectivity index (χ0) is 18.7. The van der Waals surface area contributed by atoms with Crippen LogP contribution in [0.2, 0.25) is 0 Å². The van der Waals surface area contributed by atoms with E-state index in [0.717, 1.165) is 11.1 Å². The highest BCUT2D eigenvalue weighted by atomic mass is 32.2. The minimum absolute atomic E-state index is 0.108. The summed E-state index contributed by atoms with van der Waals surface area (Å²) >= 11 is 0. The molecule has 1 fully saturated rings. The molecule has 0 saturated carbocycles. The Hall–Kier alpha value is -2.25. The number of benzene rings is 1. The van der Waals surface area contributed by atoms with Gasteiger partial charge in [0.05, 0.1) is 10.5 Å². The van der Waals surface area contributed by atoms with Crippen LogP contribution in [-0.4, -0.2) is 54.7 Å². The summed E-state index contributed by atoms with van der Waals surface area (Å²) in [6, 6.07) is 8.81. The quantitative estimate of drug-likeness (QED) is 0.827. The largest absolute Gasteiger partial charge is 0.337 e. The summed E-state index contributed by atoms with van der Waals surface area (Å²) in [6.45, 7) is 5.37. The van der Waals surface area contributed by atoms with Gasteiger partial charge in [-0.1, -0.05) is 17.7 Å². The molecular formula is C19H23N3O3S. The molecule has 1 aliphatic heterocycles. The van der Waals surface area contributed by atoms with Gasteiger partial charge in [-0.25, -0.2) is 8.42 Å². The Morgan fingerprint density at radius 3 is 2.58 bits per heavy atom. The average Bonchev–Trinajstić information content (AvgIpc) is 2.88. The van der Waals surface area contributed by atoms with Gasteiger partial charge in [-0.2, -0.15) is 4.31 Å². The van der Waals surface area contributed by atoms with Crippen molar-refractivity contribution in [3.05, 3.63) is 59.4 Å². The normalized spacial score (nSPS) is 16.3. The van der Waals surface area contributed by atoms with Crippen molar-refractivity contribution in [3.63, 3.8) is 0 Å². The van der Waals surface area contributed by atoms with Crippen LogP contribution in [0.3, 0.4) is 0 Å². The van der Waals surface area contributed by atoms with Crippen LogP contribution in [0.4, 0.5) is 0 Å². The summed E-state index contributed by atoms with van der Waals surface area (Å²) in [5, 5.41) is 0. The maximum Gasteiger partial charge on any atom is 0.255 e. The molecule has 0 atom stereocenters. The highest BCUT2D eigenvalue weighted by Gasteiger charge is 2.29. The standard InChI is InChI=1S/C19H23N3O3S/c1-15-6-7-18(16(2)13-15)26(24,25)22-10-4-9-21(11-12-22)19(23)17-5-3-8-20-14-17/h3,5-8,13-14H,4,9-12H2,1-2H3. The Morgan fingerprint density at radius 2 is 1.88 bits per heavy atom. The van der Waals surface area contributed by atoms with Crippen molar-refractivity contribution >= 4 is 15.9 Å². The number of nitrogens with zero attached hydrogens (tertiary/aromatic N) is 3. The Balaban J connectivity index is 1.77. The molecule has 1 aliphatic rings. The molecule has 0 aliphatic carbocycles. The lowest BCUT2D eigenvalue weighted by molar-refractivity contribution is 0.0764. The molecule has 2 heterocycles. The summed E-state index contributed by atoms with van der Waals surface area (Å²) in [7, 11) is -3.56. The highest BCUT2D eigenvalue weighted by Crippen LogP contribution is 2.22. The maximum atomic E-state index is 13.0. The first kappa shape index (κ1) is 18.5. The molecule has 1 aromatic carbocycles. The summed E-state index contributed by atoms with van der Waals surface area (Å²) in [5.74, 6) is -0.108. The number of carbonyl (C=O) groups is 1. The van der Waals surface area contributed by atoms with Gasteiger partial charge in [0.2, 0.25) is 10.0 Å². The van der Waals surface area contributed by atoms with E-state index in [1.165, 1.54) is 10.5 Å². The number of pyridine rings is 1. The molecule has 1 saturated heterocycles. The van der Waals surface area contributed by atoms with Crippen molar-refractivity contribution in [3.8, 4) is 0 Å². The zero-order valence-corrected chi connectivity index (χ0v) is 15.9. The minimum Gasteiger partial charge on any atom is -0.337 e.